The number of sulfonamides is 1. The Kier molecular flexibility index (Phi) is 7.46. The second kappa shape index (κ2) is 10.5. The molecule has 1 aromatic heterocycles. The van der Waals surface area contributed by atoms with Gasteiger partial charge in [-0.3, -0.25) is 4.79 Å². The molecule has 1 amide bonds. The van der Waals surface area contributed by atoms with Gasteiger partial charge in [-0.25, -0.2) is 8.42 Å². The molecule has 33 heavy (non-hydrogen) atoms. The minimum Gasteiger partial charge on any atom is -0.369 e. The van der Waals surface area contributed by atoms with E-state index < -0.39 is 15.9 Å². The van der Waals surface area contributed by atoms with Crippen LogP contribution in [0.3, 0.4) is 0 Å². The van der Waals surface area contributed by atoms with Crippen molar-refractivity contribution < 1.29 is 13.2 Å². The van der Waals surface area contributed by atoms with Crippen LogP contribution in [-0.4, -0.2) is 52.2 Å². The van der Waals surface area contributed by atoms with Crippen molar-refractivity contribution in [3.05, 3.63) is 60.2 Å². The van der Waals surface area contributed by atoms with E-state index in [0.717, 1.165) is 31.2 Å². The lowest BCUT2D eigenvalue weighted by Crippen LogP contribution is -2.35. The monoisotopic (exact) mass is 485 g/mol. The third-order valence-electron chi connectivity index (χ3n) is 5.59. The predicted octanol–water partition coefficient (Wildman–Crippen LogP) is 2.94. The lowest BCUT2D eigenvalue weighted by atomic mass is 10.1. The van der Waals surface area contributed by atoms with Gasteiger partial charge in [0.2, 0.25) is 15.9 Å². The van der Waals surface area contributed by atoms with Crippen molar-refractivity contribution in [3.8, 4) is 11.4 Å². The van der Waals surface area contributed by atoms with Crippen LogP contribution < -0.4 is 5.73 Å². The van der Waals surface area contributed by atoms with Crippen molar-refractivity contribution in [2.24, 2.45) is 5.73 Å². The van der Waals surface area contributed by atoms with Crippen molar-refractivity contribution in [1.82, 2.24) is 19.1 Å². The zero-order chi connectivity index (χ0) is 23.3. The zero-order valence-corrected chi connectivity index (χ0v) is 19.9. The molecule has 0 unspecified atom stereocenters. The Hall–Kier alpha value is -2.69. The van der Waals surface area contributed by atoms with Crippen LogP contribution >= 0.6 is 11.8 Å². The van der Waals surface area contributed by atoms with E-state index >= 15 is 0 Å². The van der Waals surface area contributed by atoms with Gasteiger partial charge in [0.1, 0.15) is 0 Å². The number of aromatic nitrogens is 3. The molecule has 1 aliphatic heterocycles. The second-order valence-corrected chi connectivity index (χ2v) is 10.8. The molecule has 10 heteroatoms. The number of carbonyl (C=O) groups is 1. The maximum absolute atomic E-state index is 13.0. The molecule has 1 saturated heterocycles. The molecule has 2 N–H and O–H groups in total. The molecule has 0 radical (unpaired) electrons. The van der Waals surface area contributed by atoms with Gasteiger partial charge in [-0.1, -0.05) is 48.5 Å². The number of hydrogen-bond acceptors (Lipinski definition) is 6. The van der Waals surface area contributed by atoms with Crippen molar-refractivity contribution in [2.75, 3.05) is 18.8 Å². The number of rotatable bonds is 9. The minimum absolute atomic E-state index is 0.108. The SMILES string of the molecule is NC(=O)CSc1nnc(-c2ccc(S(=O)(=O)N3CCCCC3)cc2)n1CCc1ccccc1. The first kappa shape index (κ1) is 23.5. The Morgan fingerprint density at radius 2 is 1.67 bits per heavy atom. The topological polar surface area (TPSA) is 111 Å². The van der Waals surface area contributed by atoms with Crippen molar-refractivity contribution in [3.63, 3.8) is 0 Å². The van der Waals surface area contributed by atoms with Crippen LogP contribution in [0.4, 0.5) is 0 Å². The third-order valence-corrected chi connectivity index (χ3v) is 8.49. The lowest BCUT2D eigenvalue weighted by molar-refractivity contribution is -0.115. The van der Waals surface area contributed by atoms with Gasteiger partial charge in [-0.2, -0.15) is 4.31 Å². The van der Waals surface area contributed by atoms with E-state index in [0.29, 0.717) is 30.6 Å². The predicted molar refractivity (Wildman–Crippen MR) is 128 cm³/mol. The smallest absolute Gasteiger partial charge is 0.243 e. The first-order chi connectivity index (χ1) is 15.9. The van der Waals surface area contributed by atoms with Gasteiger partial charge < -0.3 is 10.3 Å². The average Bonchev–Trinajstić information content (AvgIpc) is 3.25. The zero-order valence-electron chi connectivity index (χ0n) is 18.3. The number of nitrogens with zero attached hydrogens (tertiary/aromatic N) is 4. The Labute approximate surface area is 198 Å². The summed E-state index contributed by atoms with van der Waals surface area (Å²) in [5.41, 5.74) is 7.25. The first-order valence-electron chi connectivity index (χ1n) is 10.9. The lowest BCUT2D eigenvalue weighted by Gasteiger charge is -2.25. The van der Waals surface area contributed by atoms with E-state index in [9.17, 15) is 13.2 Å². The van der Waals surface area contributed by atoms with Gasteiger partial charge >= 0.3 is 0 Å². The molecule has 8 nitrogen and oxygen atoms in total. The highest BCUT2D eigenvalue weighted by Gasteiger charge is 2.26. The molecule has 0 atom stereocenters. The molecule has 0 aliphatic carbocycles. The first-order valence-corrected chi connectivity index (χ1v) is 13.4. The van der Waals surface area contributed by atoms with Crippen LogP contribution in [0.25, 0.3) is 11.4 Å². The van der Waals surface area contributed by atoms with E-state index in [1.54, 1.807) is 28.6 Å². The van der Waals surface area contributed by atoms with E-state index in [-0.39, 0.29) is 10.6 Å². The number of piperidine rings is 1. The van der Waals surface area contributed by atoms with Crippen molar-refractivity contribution in [2.45, 2.75) is 42.3 Å². The van der Waals surface area contributed by atoms with Crippen LogP contribution in [0.15, 0.2) is 64.6 Å². The second-order valence-electron chi connectivity index (χ2n) is 7.94. The summed E-state index contributed by atoms with van der Waals surface area (Å²) in [6, 6.07) is 16.9. The fourth-order valence-corrected chi connectivity index (χ4v) is 6.08. The van der Waals surface area contributed by atoms with E-state index in [2.05, 4.69) is 22.3 Å². The molecule has 3 aromatic rings. The fourth-order valence-electron chi connectivity index (χ4n) is 3.86. The molecule has 4 rings (SSSR count). The number of nitrogens with two attached hydrogens (primary N) is 1. The Morgan fingerprint density at radius 1 is 0.970 bits per heavy atom. The summed E-state index contributed by atoms with van der Waals surface area (Å²) in [7, 11) is -3.50. The Morgan fingerprint density at radius 3 is 2.33 bits per heavy atom. The van der Waals surface area contributed by atoms with Gasteiger partial charge in [0.25, 0.3) is 0 Å². The van der Waals surface area contributed by atoms with Gasteiger partial charge in [0.05, 0.1) is 10.6 Å². The summed E-state index contributed by atoms with van der Waals surface area (Å²) in [5.74, 6) is 0.308. The average molecular weight is 486 g/mol. The van der Waals surface area contributed by atoms with Crippen LogP contribution in [0.5, 0.6) is 0 Å². The van der Waals surface area contributed by atoms with Gasteiger partial charge in [-0.15, -0.1) is 10.2 Å². The molecule has 1 fully saturated rings. The Balaban J connectivity index is 1.59. The number of amides is 1. The van der Waals surface area contributed by atoms with Crippen LogP contribution in [0.1, 0.15) is 24.8 Å². The molecule has 2 aromatic carbocycles. The molecule has 0 bridgehead atoms. The molecule has 0 saturated carbocycles. The number of primary amides is 1. The highest BCUT2D eigenvalue weighted by Crippen LogP contribution is 2.27. The van der Waals surface area contributed by atoms with Crippen LogP contribution in [0, 0.1) is 0 Å². The van der Waals surface area contributed by atoms with E-state index in [4.69, 9.17) is 5.73 Å². The fraction of sp³-hybridized carbons (Fsp3) is 0.348. The molecular formula is C23H27N5O3S2. The van der Waals surface area contributed by atoms with Crippen LogP contribution in [0.2, 0.25) is 0 Å². The summed E-state index contributed by atoms with van der Waals surface area (Å²) in [5, 5.41) is 9.20. The number of carbonyl (C=O) groups excluding carboxylic acids is 1. The molecular weight excluding hydrogens is 458 g/mol. The molecule has 1 aliphatic rings. The summed E-state index contributed by atoms with van der Waals surface area (Å²) >= 11 is 1.24. The van der Waals surface area contributed by atoms with Gasteiger partial charge in [-0.05, 0) is 49.1 Å². The normalized spacial score (nSPS) is 14.9. The number of hydrogen-bond donors (Lipinski definition) is 1. The third kappa shape index (κ3) is 5.63. The number of thioether (sulfide) groups is 1. The highest BCUT2D eigenvalue weighted by atomic mass is 32.2. The van der Waals surface area contributed by atoms with Crippen molar-refractivity contribution in [1.29, 1.82) is 0 Å². The van der Waals surface area contributed by atoms with E-state index in [1.165, 1.54) is 17.3 Å². The maximum atomic E-state index is 13.0. The van der Waals surface area contributed by atoms with E-state index in [1.807, 2.05) is 22.8 Å². The van der Waals surface area contributed by atoms with Crippen molar-refractivity contribution >= 4 is 27.7 Å². The standard InChI is InChI=1S/C23H27N5O3S2/c24-21(29)17-32-23-26-25-22(28(23)16-13-18-7-3-1-4-8-18)19-9-11-20(12-10-19)33(30,31)27-14-5-2-6-15-27/h1,3-4,7-12H,2,5-6,13-17H2,(H2,24,29). The minimum atomic E-state index is -3.50. The molecule has 174 valence electrons. The number of aryl methyl sites for hydroxylation is 1. The quantitative estimate of drug-likeness (QED) is 0.467. The summed E-state index contributed by atoms with van der Waals surface area (Å²) in [6.07, 6.45) is 3.62. The largest absolute Gasteiger partial charge is 0.369 e. The summed E-state index contributed by atoms with van der Waals surface area (Å²) in [6.45, 7) is 1.75. The summed E-state index contributed by atoms with van der Waals surface area (Å²) in [4.78, 5) is 11.6. The molecule has 0 spiro atoms. The Bertz CT molecular complexity index is 1190. The highest BCUT2D eigenvalue weighted by molar-refractivity contribution is 7.99. The number of benzene rings is 2. The summed E-state index contributed by atoms with van der Waals surface area (Å²) < 4.78 is 29.4. The van der Waals surface area contributed by atoms with Gasteiger partial charge in [0.15, 0.2) is 11.0 Å². The maximum Gasteiger partial charge on any atom is 0.243 e. The molecule has 2 heterocycles. The van der Waals surface area contributed by atoms with Gasteiger partial charge in [0, 0.05) is 25.2 Å². The van der Waals surface area contributed by atoms with Crippen LogP contribution in [-0.2, 0) is 27.8 Å².